The van der Waals surface area contributed by atoms with Crippen molar-refractivity contribution < 1.29 is 4.39 Å². The van der Waals surface area contributed by atoms with Crippen LogP contribution in [0, 0.1) is 5.82 Å². The van der Waals surface area contributed by atoms with Gasteiger partial charge in [0.2, 0.25) is 0 Å². The predicted octanol–water partition coefficient (Wildman–Crippen LogP) is 3.09. The van der Waals surface area contributed by atoms with Crippen molar-refractivity contribution >= 4 is 17.3 Å². The Morgan fingerprint density at radius 3 is 2.60 bits per heavy atom. The Bertz CT molecular complexity index is 549. The molecule has 1 aromatic carbocycles. The van der Waals surface area contributed by atoms with E-state index < -0.39 is 0 Å². The maximum atomic E-state index is 12.9. The molecule has 5 heteroatoms. The fraction of sp³-hybridized carbons (Fsp3) is 0.267. The minimum absolute atomic E-state index is 0.212. The second kappa shape index (κ2) is 7.05. The highest BCUT2D eigenvalue weighted by atomic mass is 32.1. The lowest BCUT2D eigenvalue weighted by Crippen LogP contribution is -2.37. The summed E-state index contributed by atoms with van der Waals surface area (Å²) in [7, 11) is 3.73. The molecule has 0 spiro atoms. The molecule has 0 aliphatic heterocycles. The first-order chi connectivity index (χ1) is 9.69. The predicted molar refractivity (Wildman–Crippen MR) is 82.4 cm³/mol. The van der Waals surface area contributed by atoms with Crippen molar-refractivity contribution in [3.8, 4) is 0 Å². The van der Waals surface area contributed by atoms with Crippen molar-refractivity contribution in [2.24, 2.45) is 4.99 Å². The van der Waals surface area contributed by atoms with Gasteiger partial charge >= 0.3 is 0 Å². The van der Waals surface area contributed by atoms with Crippen LogP contribution in [0.2, 0.25) is 0 Å². The maximum absolute atomic E-state index is 12.9. The number of nitrogens with zero attached hydrogens (tertiary/aromatic N) is 2. The maximum Gasteiger partial charge on any atom is 0.193 e. The molecular weight excluding hydrogens is 273 g/mol. The second-order valence-electron chi connectivity index (χ2n) is 4.51. The molecule has 0 bridgehead atoms. The van der Waals surface area contributed by atoms with E-state index in [-0.39, 0.29) is 5.82 Å². The van der Waals surface area contributed by atoms with Crippen LogP contribution in [0.25, 0.3) is 0 Å². The standard InChI is InChI=1S/C15H18FN3S/c1-17-15(18-9-13-7-8-20-11-13)19(2)10-12-3-5-14(16)6-4-12/h3-8,11H,9-10H2,1-2H3,(H,17,18). The zero-order chi connectivity index (χ0) is 14.4. The molecule has 2 aromatic rings. The average molecular weight is 291 g/mol. The van der Waals surface area contributed by atoms with Crippen LogP contribution in [-0.4, -0.2) is 25.0 Å². The zero-order valence-electron chi connectivity index (χ0n) is 11.6. The first kappa shape index (κ1) is 14.5. The molecule has 0 aliphatic rings. The van der Waals surface area contributed by atoms with Crippen LogP contribution in [0.3, 0.4) is 0 Å². The Balaban J connectivity index is 1.91. The SMILES string of the molecule is CN=C(NCc1ccsc1)N(C)Cc1ccc(F)cc1. The lowest BCUT2D eigenvalue weighted by molar-refractivity contribution is 0.476. The van der Waals surface area contributed by atoms with Crippen LogP contribution < -0.4 is 5.32 Å². The summed E-state index contributed by atoms with van der Waals surface area (Å²) in [4.78, 5) is 6.28. The monoisotopic (exact) mass is 291 g/mol. The van der Waals surface area contributed by atoms with Gasteiger partial charge in [-0.3, -0.25) is 4.99 Å². The second-order valence-corrected chi connectivity index (χ2v) is 5.29. The Hall–Kier alpha value is -1.88. The summed E-state index contributed by atoms with van der Waals surface area (Å²) in [5.74, 6) is 0.608. The number of nitrogens with one attached hydrogen (secondary N) is 1. The van der Waals surface area contributed by atoms with E-state index in [0.717, 1.165) is 18.1 Å². The van der Waals surface area contributed by atoms with Crippen LogP contribution in [-0.2, 0) is 13.1 Å². The highest BCUT2D eigenvalue weighted by Gasteiger charge is 2.06. The summed E-state index contributed by atoms with van der Waals surface area (Å²) < 4.78 is 12.9. The first-order valence-corrected chi connectivity index (χ1v) is 7.30. The fourth-order valence-electron chi connectivity index (χ4n) is 1.90. The summed E-state index contributed by atoms with van der Waals surface area (Å²) in [5.41, 5.74) is 2.29. The number of guanidine groups is 1. The molecule has 20 heavy (non-hydrogen) atoms. The van der Waals surface area contributed by atoms with E-state index >= 15 is 0 Å². The topological polar surface area (TPSA) is 27.6 Å². The zero-order valence-corrected chi connectivity index (χ0v) is 12.5. The van der Waals surface area contributed by atoms with Crippen molar-refractivity contribution in [3.05, 3.63) is 58.0 Å². The van der Waals surface area contributed by atoms with Gasteiger partial charge in [0, 0.05) is 27.2 Å². The Morgan fingerprint density at radius 1 is 1.25 bits per heavy atom. The van der Waals surface area contributed by atoms with E-state index in [1.807, 2.05) is 11.9 Å². The lowest BCUT2D eigenvalue weighted by atomic mass is 10.2. The molecule has 1 aromatic heterocycles. The summed E-state index contributed by atoms with van der Waals surface area (Å²) in [5, 5.41) is 7.48. The lowest BCUT2D eigenvalue weighted by Gasteiger charge is -2.22. The Labute approximate surface area is 122 Å². The third-order valence-electron chi connectivity index (χ3n) is 2.94. The van der Waals surface area contributed by atoms with Crippen LogP contribution in [0.4, 0.5) is 4.39 Å². The van der Waals surface area contributed by atoms with Gasteiger partial charge in [-0.25, -0.2) is 4.39 Å². The molecule has 3 nitrogen and oxygen atoms in total. The molecule has 0 fully saturated rings. The number of hydrogen-bond donors (Lipinski definition) is 1. The molecule has 1 N–H and O–H groups in total. The number of hydrogen-bond acceptors (Lipinski definition) is 2. The van der Waals surface area contributed by atoms with Crippen molar-refractivity contribution in [2.75, 3.05) is 14.1 Å². The molecular formula is C15H18FN3S. The number of benzene rings is 1. The van der Waals surface area contributed by atoms with Crippen LogP contribution in [0.1, 0.15) is 11.1 Å². The normalized spacial score (nSPS) is 11.4. The third kappa shape index (κ3) is 4.06. The van der Waals surface area contributed by atoms with Crippen molar-refractivity contribution in [2.45, 2.75) is 13.1 Å². The highest BCUT2D eigenvalue weighted by molar-refractivity contribution is 7.07. The van der Waals surface area contributed by atoms with Crippen molar-refractivity contribution in [1.29, 1.82) is 0 Å². The van der Waals surface area contributed by atoms with E-state index in [2.05, 4.69) is 27.1 Å². The minimum atomic E-state index is -0.212. The molecule has 0 amide bonds. The Morgan fingerprint density at radius 2 is 2.00 bits per heavy atom. The Kier molecular flexibility index (Phi) is 5.12. The van der Waals surface area contributed by atoms with Gasteiger partial charge in [-0.1, -0.05) is 12.1 Å². The highest BCUT2D eigenvalue weighted by Crippen LogP contribution is 2.07. The summed E-state index contributed by atoms with van der Waals surface area (Å²) in [6, 6.07) is 8.62. The number of halogens is 1. The number of aliphatic imine (C=N–C) groups is 1. The van der Waals surface area contributed by atoms with E-state index in [1.54, 1.807) is 30.5 Å². The summed E-state index contributed by atoms with van der Waals surface area (Å²) in [6.07, 6.45) is 0. The van der Waals surface area contributed by atoms with E-state index in [0.29, 0.717) is 6.54 Å². The molecule has 106 valence electrons. The molecule has 2 rings (SSSR count). The van der Waals surface area contributed by atoms with Gasteiger partial charge in [0.05, 0.1) is 0 Å². The van der Waals surface area contributed by atoms with Crippen molar-refractivity contribution in [1.82, 2.24) is 10.2 Å². The number of rotatable bonds is 4. The summed E-state index contributed by atoms with van der Waals surface area (Å²) in [6.45, 7) is 1.44. The molecule has 0 unspecified atom stereocenters. The van der Waals surface area contributed by atoms with Crippen LogP contribution in [0.15, 0.2) is 46.1 Å². The van der Waals surface area contributed by atoms with E-state index in [1.165, 1.54) is 17.7 Å². The van der Waals surface area contributed by atoms with Gasteiger partial charge in [-0.05, 0) is 40.1 Å². The third-order valence-corrected chi connectivity index (χ3v) is 3.67. The summed E-state index contributed by atoms with van der Waals surface area (Å²) >= 11 is 1.68. The van der Waals surface area contributed by atoms with Gasteiger partial charge < -0.3 is 10.2 Å². The number of thiophene rings is 1. The van der Waals surface area contributed by atoms with Crippen LogP contribution >= 0.6 is 11.3 Å². The average Bonchev–Trinajstić information content (AvgIpc) is 2.95. The molecule has 0 saturated carbocycles. The minimum Gasteiger partial charge on any atom is -0.352 e. The molecule has 0 aliphatic carbocycles. The van der Waals surface area contributed by atoms with E-state index in [9.17, 15) is 4.39 Å². The quantitative estimate of drug-likeness (QED) is 0.692. The van der Waals surface area contributed by atoms with Crippen molar-refractivity contribution in [3.63, 3.8) is 0 Å². The molecule has 1 heterocycles. The van der Waals surface area contributed by atoms with Gasteiger partial charge in [-0.2, -0.15) is 11.3 Å². The smallest absolute Gasteiger partial charge is 0.193 e. The fourth-order valence-corrected chi connectivity index (χ4v) is 2.57. The molecule has 0 radical (unpaired) electrons. The first-order valence-electron chi connectivity index (χ1n) is 6.36. The largest absolute Gasteiger partial charge is 0.352 e. The van der Waals surface area contributed by atoms with Gasteiger partial charge in [0.15, 0.2) is 5.96 Å². The van der Waals surface area contributed by atoms with E-state index in [4.69, 9.17) is 0 Å². The van der Waals surface area contributed by atoms with Gasteiger partial charge in [0.25, 0.3) is 0 Å². The van der Waals surface area contributed by atoms with Crippen LogP contribution in [0.5, 0.6) is 0 Å². The molecule has 0 saturated heterocycles. The van der Waals surface area contributed by atoms with Gasteiger partial charge in [0.1, 0.15) is 5.82 Å². The molecule has 0 atom stereocenters. The van der Waals surface area contributed by atoms with Gasteiger partial charge in [-0.15, -0.1) is 0 Å².